The molecule has 0 amide bonds. The Balaban J connectivity index is 1.18. The van der Waals surface area contributed by atoms with Crippen molar-refractivity contribution < 1.29 is 8.83 Å². The van der Waals surface area contributed by atoms with Gasteiger partial charge in [0, 0.05) is 21.5 Å². The highest BCUT2D eigenvalue weighted by Gasteiger charge is 2.19. The first-order valence-electron chi connectivity index (χ1n) is 19.2. The second-order valence-electron chi connectivity index (χ2n) is 14.7. The number of furan rings is 2. The van der Waals surface area contributed by atoms with Crippen LogP contribution in [0.5, 0.6) is 0 Å². The zero-order chi connectivity index (χ0) is 36.7. The summed E-state index contributed by atoms with van der Waals surface area (Å²) in [4.78, 5) is 0. The summed E-state index contributed by atoms with van der Waals surface area (Å²) in [6.45, 7) is 0. The lowest BCUT2D eigenvalue weighted by atomic mass is 9.84. The molecule has 2 heteroatoms. The van der Waals surface area contributed by atoms with Gasteiger partial charge in [-0.05, 0) is 119 Å². The van der Waals surface area contributed by atoms with Crippen molar-refractivity contribution in [1.82, 2.24) is 0 Å². The van der Waals surface area contributed by atoms with E-state index >= 15 is 0 Å². The van der Waals surface area contributed by atoms with E-state index in [1.54, 1.807) is 0 Å². The average Bonchev–Trinajstić information content (AvgIpc) is 3.83. The van der Waals surface area contributed by atoms with Crippen LogP contribution in [0.4, 0.5) is 0 Å². The molecule has 12 aromatic rings. The first-order chi connectivity index (χ1) is 27.8. The quantitative estimate of drug-likeness (QED) is 0.170. The molecule has 10 aromatic carbocycles. The summed E-state index contributed by atoms with van der Waals surface area (Å²) in [5, 5.41) is 11.8. The van der Waals surface area contributed by atoms with Gasteiger partial charge in [-0.2, -0.15) is 0 Å². The van der Waals surface area contributed by atoms with Crippen LogP contribution in [0.1, 0.15) is 0 Å². The molecule has 0 spiro atoms. The molecule has 0 saturated carbocycles. The third kappa shape index (κ3) is 4.63. The van der Waals surface area contributed by atoms with Crippen LogP contribution >= 0.6 is 0 Å². The Hall–Kier alpha value is -7.42. The zero-order valence-electron chi connectivity index (χ0n) is 30.3. The van der Waals surface area contributed by atoms with E-state index in [0.29, 0.717) is 0 Å². The van der Waals surface area contributed by atoms with E-state index in [9.17, 15) is 0 Å². The van der Waals surface area contributed by atoms with E-state index in [2.05, 4.69) is 170 Å². The first kappa shape index (κ1) is 31.0. The Kier molecular flexibility index (Phi) is 6.66. The minimum atomic E-state index is 0.899. The van der Waals surface area contributed by atoms with Gasteiger partial charge in [0.2, 0.25) is 0 Å². The Labute approximate surface area is 322 Å². The summed E-state index contributed by atoms with van der Waals surface area (Å²) < 4.78 is 12.5. The lowest BCUT2D eigenvalue weighted by Crippen LogP contribution is -1.92. The standard InChI is InChI=1S/C54H32O2/c1-2-12-33(13-3-1)36-16-8-20-40-39(36)19-11-21-43(40)54-44-22-9-17-37(34-26-28-52-48(30-34)41-14-4-6-24-50(41)55-52)46(44)32-47-38(18-10-23-45(47)54)35-27-29-53-49(31-35)42-15-5-7-25-51(42)56-53/h1-32H. The number of rotatable bonds is 4. The number of fused-ring (bicyclic) bond motifs is 9. The topological polar surface area (TPSA) is 26.3 Å². The molecule has 0 unspecified atom stereocenters. The molecule has 56 heavy (non-hydrogen) atoms. The van der Waals surface area contributed by atoms with Crippen LogP contribution < -0.4 is 0 Å². The molecule has 0 atom stereocenters. The molecule has 0 saturated heterocycles. The molecule has 0 fully saturated rings. The monoisotopic (exact) mass is 712 g/mol. The molecule has 0 N–H and O–H groups in total. The van der Waals surface area contributed by atoms with Crippen molar-refractivity contribution >= 4 is 76.2 Å². The van der Waals surface area contributed by atoms with E-state index in [1.165, 1.54) is 65.7 Å². The van der Waals surface area contributed by atoms with Gasteiger partial charge in [-0.1, -0.05) is 152 Å². The smallest absolute Gasteiger partial charge is 0.135 e. The summed E-state index contributed by atoms with van der Waals surface area (Å²) in [7, 11) is 0. The van der Waals surface area contributed by atoms with Gasteiger partial charge in [0.1, 0.15) is 22.3 Å². The Morgan fingerprint density at radius 1 is 0.214 bits per heavy atom. The predicted molar refractivity (Wildman–Crippen MR) is 235 cm³/mol. The van der Waals surface area contributed by atoms with Crippen molar-refractivity contribution in [2.75, 3.05) is 0 Å². The molecular weight excluding hydrogens is 681 g/mol. The van der Waals surface area contributed by atoms with E-state index in [1.807, 2.05) is 24.3 Å². The molecule has 12 rings (SSSR count). The number of hydrogen-bond acceptors (Lipinski definition) is 2. The molecule has 0 radical (unpaired) electrons. The zero-order valence-corrected chi connectivity index (χ0v) is 30.3. The van der Waals surface area contributed by atoms with Crippen LogP contribution in [0.25, 0.3) is 121 Å². The van der Waals surface area contributed by atoms with Crippen molar-refractivity contribution in [1.29, 1.82) is 0 Å². The van der Waals surface area contributed by atoms with Crippen molar-refractivity contribution in [2.24, 2.45) is 0 Å². The van der Waals surface area contributed by atoms with Crippen LogP contribution in [0.3, 0.4) is 0 Å². The molecule has 2 nitrogen and oxygen atoms in total. The maximum Gasteiger partial charge on any atom is 0.135 e. The number of benzene rings is 10. The fraction of sp³-hybridized carbons (Fsp3) is 0. The summed E-state index contributed by atoms with van der Waals surface area (Å²) >= 11 is 0. The fourth-order valence-electron chi connectivity index (χ4n) is 9.15. The van der Waals surface area contributed by atoms with Gasteiger partial charge in [-0.15, -0.1) is 0 Å². The van der Waals surface area contributed by atoms with Gasteiger partial charge >= 0.3 is 0 Å². The van der Waals surface area contributed by atoms with Crippen molar-refractivity contribution in [3.8, 4) is 44.5 Å². The first-order valence-corrected chi connectivity index (χ1v) is 19.2. The highest BCUT2D eigenvalue weighted by molar-refractivity contribution is 6.23. The minimum Gasteiger partial charge on any atom is -0.456 e. The van der Waals surface area contributed by atoms with Crippen LogP contribution in [0, 0.1) is 0 Å². The Morgan fingerprint density at radius 3 is 1.18 bits per heavy atom. The van der Waals surface area contributed by atoms with E-state index in [-0.39, 0.29) is 0 Å². The third-order valence-electron chi connectivity index (χ3n) is 11.7. The fourth-order valence-corrected chi connectivity index (χ4v) is 9.15. The lowest BCUT2D eigenvalue weighted by Gasteiger charge is -2.19. The van der Waals surface area contributed by atoms with Crippen LogP contribution in [-0.2, 0) is 0 Å². The highest BCUT2D eigenvalue weighted by atomic mass is 16.3. The summed E-state index contributed by atoms with van der Waals surface area (Å²) in [5.74, 6) is 0. The Morgan fingerprint density at radius 2 is 0.625 bits per heavy atom. The highest BCUT2D eigenvalue weighted by Crippen LogP contribution is 2.46. The maximum atomic E-state index is 6.26. The summed E-state index contributed by atoms with van der Waals surface area (Å²) in [6.07, 6.45) is 0. The van der Waals surface area contributed by atoms with Crippen LogP contribution in [-0.4, -0.2) is 0 Å². The van der Waals surface area contributed by atoms with Crippen LogP contribution in [0.15, 0.2) is 203 Å². The van der Waals surface area contributed by atoms with E-state index in [4.69, 9.17) is 8.83 Å². The van der Waals surface area contributed by atoms with Gasteiger partial charge in [0.05, 0.1) is 0 Å². The van der Waals surface area contributed by atoms with E-state index in [0.717, 1.165) is 55.0 Å². The lowest BCUT2D eigenvalue weighted by molar-refractivity contribution is 0.668. The van der Waals surface area contributed by atoms with Gasteiger partial charge in [0.25, 0.3) is 0 Å². The summed E-state index contributed by atoms with van der Waals surface area (Å²) in [6, 6.07) is 70.1. The molecule has 2 heterocycles. The minimum absolute atomic E-state index is 0.899. The van der Waals surface area contributed by atoms with Gasteiger partial charge < -0.3 is 8.83 Å². The molecule has 2 aromatic heterocycles. The molecule has 260 valence electrons. The van der Waals surface area contributed by atoms with Gasteiger partial charge in [-0.25, -0.2) is 0 Å². The van der Waals surface area contributed by atoms with Gasteiger partial charge in [0.15, 0.2) is 0 Å². The van der Waals surface area contributed by atoms with Gasteiger partial charge in [-0.3, -0.25) is 0 Å². The molecule has 0 aliphatic heterocycles. The van der Waals surface area contributed by atoms with Crippen molar-refractivity contribution in [3.63, 3.8) is 0 Å². The average molecular weight is 713 g/mol. The number of hydrogen-bond donors (Lipinski definition) is 0. The van der Waals surface area contributed by atoms with Crippen LogP contribution in [0.2, 0.25) is 0 Å². The maximum absolute atomic E-state index is 6.26. The van der Waals surface area contributed by atoms with Crippen molar-refractivity contribution in [2.45, 2.75) is 0 Å². The molecule has 0 aliphatic carbocycles. The second-order valence-corrected chi connectivity index (χ2v) is 14.7. The Bertz CT molecular complexity index is 3360. The van der Waals surface area contributed by atoms with E-state index < -0.39 is 0 Å². The predicted octanol–water partition coefficient (Wildman–Crippen LogP) is 15.6. The molecule has 0 aliphatic rings. The normalized spacial score (nSPS) is 11.9. The summed E-state index contributed by atoms with van der Waals surface area (Å²) in [5.41, 5.74) is 13.2. The number of para-hydroxylation sites is 2. The molecular formula is C54H32O2. The SMILES string of the molecule is c1ccc(-c2cccc3c(-c4c5cccc(-c6ccc7oc8ccccc8c7c6)c5cc5c(-c6ccc7oc8ccccc8c7c6)cccc45)cccc23)cc1. The molecule has 0 bridgehead atoms. The van der Waals surface area contributed by atoms with Crippen molar-refractivity contribution in [3.05, 3.63) is 194 Å². The largest absolute Gasteiger partial charge is 0.456 e. The third-order valence-corrected chi connectivity index (χ3v) is 11.7. The second kappa shape index (κ2) is 12.0.